The van der Waals surface area contributed by atoms with Gasteiger partial charge in [-0.1, -0.05) is 11.6 Å². The van der Waals surface area contributed by atoms with Gasteiger partial charge in [-0.25, -0.2) is 8.78 Å². The van der Waals surface area contributed by atoms with E-state index >= 15 is 0 Å². The third-order valence-corrected chi connectivity index (χ3v) is 5.72. The molecule has 2 aliphatic rings. The quantitative estimate of drug-likeness (QED) is 0.413. The van der Waals surface area contributed by atoms with Crippen LogP contribution in [0.25, 0.3) is 0 Å². The van der Waals surface area contributed by atoms with Crippen molar-refractivity contribution < 1.29 is 22.9 Å². The molecule has 0 aromatic heterocycles. The molecule has 1 aliphatic heterocycles. The van der Waals surface area contributed by atoms with E-state index in [2.05, 4.69) is 0 Å². The Hall–Kier alpha value is -1.79. The lowest BCUT2D eigenvalue weighted by atomic mass is 9.69. The molecule has 0 spiro atoms. The van der Waals surface area contributed by atoms with Crippen LogP contribution in [-0.2, 0) is 9.31 Å². The molecule has 0 unspecified atom stereocenters. The number of hydrogen-bond acceptors (Lipinski definition) is 3. The maximum absolute atomic E-state index is 13.8. The van der Waals surface area contributed by atoms with E-state index in [1.54, 1.807) is 6.08 Å². The van der Waals surface area contributed by atoms with E-state index in [-0.39, 0.29) is 5.56 Å². The topological polar surface area (TPSA) is 35.5 Å². The average Bonchev–Trinajstić information content (AvgIpc) is 2.82. The molecule has 3 nitrogen and oxygen atoms in total. The van der Waals surface area contributed by atoms with Crippen LogP contribution in [0.3, 0.4) is 0 Å². The van der Waals surface area contributed by atoms with Crippen molar-refractivity contribution in [1.29, 1.82) is 0 Å². The van der Waals surface area contributed by atoms with E-state index in [4.69, 9.17) is 9.31 Å². The number of halogens is 2. The molecule has 0 saturated carbocycles. The predicted octanol–water partition coefficient (Wildman–Crippen LogP) is 5.21. The Morgan fingerprint density at radius 3 is 2.37 bits per heavy atom. The van der Waals surface area contributed by atoms with Gasteiger partial charge in [0.05, 0.1) is 16.8 Å². The molecule has 0 N–H and O–H groups in total. The lowest BCUT2D eigenvalue weighted by Crippen LogP contribution is -2.41. The maximum atomic E-state index is 13.8. The normalized spacial score (nSPS) is 21.9. The number of allylic oxidation sites excluding steroid dienone is 4. The molecule has 3 rings (SSSR count). The van der Waals surface area contributed by atoms with Crippen molar-refractivity contribution in [1.82, 2.24) is 0 Å². The number of carbonyl (C=O) groups is 1. The Morgan fingerprint density at radius 1 is 1.07 bits per heavy atom. The molecule has 1 aromatic rings. The SMILES string of the molecule is CC1(C)OB(C2=C(/C=C/C(=O)c3cc(F)ccc3F)CCCC2)OC1(C)C. The third-order valence-electron chi connectivity index (χ3n) is 5.72. The first-order valence-corrected chi connectivity index (χ1v) is 9.36. The molecule has 0 atom stereocenters. The van der Waals surface area contributed by atoms with Gasteiger partial charge >= 0.3 is 7.12 Å². The van der Waals surface area contributed by atoms with Gasteiger partial charge in [0.25, 0.3) is 0 Å². The molecule has 1 aliphatic carbocycles. The van der Waals surface area contributed by atoms with Crippen molar-refractivity contribution >= 4 is 12.9 Å². The van der Waals surface area contributed by atoms with E-state index in [1.807, 2.05) is 27.7 Å². The smallest absolute Gasteiger partial charge is 0.400 e. The van der Waals surface area contributed by atoms with Gasteiger partial charge in [-0.05, 0) is 83.1 Å². The zero-order chi connectivity index (χ0) is 19.8. The molecule has 0 bridgehead atoms. The molecular weight excluding hydrogens is 349 g/mol. The summed E-state index contributed by atoms with van der Waals surface area (Å²) in [5.41, 5.74) is 0.878. The molecule has 0 amide bonds. The molecule has 1 heterocycles. The Labute approximate surface area is 159 Å². The van der Waals surface area contributed by atoms with Gasteiger partial charge in [-0.3, -0.25) is 4.79 Å². The van der Waals surface area contributed by atoms with Crippen LogP contribution in [-0.4, -0.2) is 24.1 Å². The predicted molar refractivity (Wildman–Crippen MR) is 101 cm³/mol. The fraction of sp³-hybridized carbons (Fsp3) is 0.476. The van der Waals surface area contributed by atoms with Crippen molar-refractivity contribution in [3.05, 3.63) is 58.6 Å². The minimum atomic E-state index is -0.727. The Balaban J connectivity index is 1.86. The number of ketones is 1. The van der Waals surface area contributed by atoms with E-state index in [0.717, 1.165) is 54.9 Å². The van der Waals surface area contributed by atoms with Gasteiger partial charge in [-0.15, -0.1) is 0 Å². The molecule has 1 aromatic carbocycles. The van der Waals surface area contributed by atoms with Crippen LogP contribution < -0.4 is 0 Å². The first-order valence-electron chi connectivity index (χ1n) is 9.36. The summed E-state index contributed by atoms with van der Waals surface area (Å²) in [5, 5.41) is 0. The van der Waals surface area contributed by atoms with Crippen LogP contribution >= 0.6 is 0 Å². The number of rotatable bonds is 4. The van der Waals surface area contributed by atoms with Gasteiger partial charge < -0.3 is 9.31 Å². The Kier molecular flexibility index (Phi) is 5.41. The summed E-state index contributed by atoms with van der Waals surface area (Å²) in [6.45, 7) is 8.01. The highest BCUT2D eigenvalue weighted by molar-refractivity contribution is 6.55. The second-order valence-electron chi connectivity index (χ2n) is 8.17. The summed E-state index contributed by atoms with van der Waals surface area (Å²) in [6.07, 6.45) is 6.68. The first kappa shape index (κ1) is 20.0. The highest BCUT2D eigenvalue weighted by atomic mass is 19.1. The lowest BCUT2D eigenvalue weighted by molar-refractivity contribution is 0.00578. The summed E-state index contributed by atoms with van der Waals surface area (Å²) in [7, 11) is -0.448. The van der Waals surface area contributed by atoms with Gasteiger partial charge in [0.15, 0.2) is 5.78 Å². The monoisotopic (exact) mass is 374 g/mol. The molecular formula is C21H25BF2O3. The molecule has 6 heteroatoms. The van der Waals surface area contributed by atoms with E-state index in [9.17, 15) is 13.6 Å². The Morgan fingerprint density at radius 2 is 1.70 bits per heavy atom. The largest absolute Gasteiger partial charge is 0.490 e. The number of carbonyl (C=O) groups excluding carboxylic acids is 1. The summed E-state index contributed by atoms with van der Waals surface area (Å²) >= 11 is 0. The molecule has 1 saturated heterocycles. The second kappa shape index (κ2) is 7.32. The zero-order valence-corrected chi connectivity index (χ0v) is 16.3. The van der Waals surface area contributed by atoms with Crippen LogP contribution in [0.5, 0.6) is 0 Å². The Bertz CT molecular complexity index is 796. The van der Waals surface area contributed by atoms with Gasteiger partial charge in [0, 0.05) is 0 Å². The third kappa shape index (κ3) is 4.07. The van der Waals surface area contributed by atoms with E-state index in [1.165, 1.54) is 6.08 Å². The minimum Gasteiger partial charge on any atom is -0.400 e. The van der Waals surface area contributed by atoms with Gasteiger partial charge in [0.1, 0.15) is 11.6 Å². The molecule has 1 fully saturated rings. The molecule has 0 radical (unpaired) electrons. The fourth-order valence-corrected chi connectivity index (χ4v) is 3.35. The van der Waals surface area contributed by atoms with Crippen LogP contribution in [0.15, 0.2) is 41.4 Å². The van der Waals surface area contributed by atoms with Crippen LogP contribution in [0, 0.1) is 11.6 Å². The van der Waals surface area contributed by atoms with Crippen molar-refractivity contribution in [2.24, 2.45) is 0 Å². The minimum absolute atomic E-state index is 0.264. The summed E-state index contributed by atoms with van der Waals surface area (Å²) in [5.74, 6) is -1.92. The summed E-state index contributed by atoms with van der Waals surface area (Å²) in [6, 6.07) is 2.88. The maximum Gasteiger partial charge on any atom is 0.490 e. The fourth-order valence-electron chi connectivity index (χ4n) is 3.35. The van der Waals surface area contributed by atoms with Crippen LogP contribution in [0.4, 0.5) is 8.78 Å². The number of benzene rings is 1. The average molecular weight is 374 g/mol. The van der Waals surface area contributed by atoms with Crippen LogP contribution in [0.2, 0.25) is 0 Å². The summed E-state index contributed by atoms with van der Waals surface area (Å²) < 4.78 is 39.4. The number of hydrogen-bond donors (Lipinski definition) is 0. The van der Waals surface area contributed by atoms with E-state index in [0.29, 0.717) is 0 Å². The summed E-state index contributed by atoms with van der Waals surface area (Å²) in [4.78, 5) is 12.3. The standard InChI is InChI=1S/C21H25BF2O3/c1-20(2)21(3,4)27-22(26-20)17-8-6-5-7-14(17)9-12-19(25)16-13-15(23)10-11-18(16)24/h9-13H,5-8H2,1-4H3/b12-9+. The van der Waals surface area contributed by atoms with Crippen molar-refractivity contribution in [2.75, 3.05) is 0 Å². The first-order chi connectivity index (χ1) is 12.6. The lowest BCUT2D eigenvalue weighted by Gasteiger charge is -2.32. The van der Waals surface area contributed by atoms with Crippen molar-refractivity contribution in [2.45, 2.75) is 64.6 Å². The zero-order valence-electron chi connectivity index (χ0n) is 16.3. The van der Waals surface area contributed by atoms with Gasteiger partial charge in [0.2, 0.25) is 0 Å². The van der Waals surface area contributed by atoms with Crippen molar-refractivity contribution in [3.63, 3.8) is 0 Å². The van der Waals surface area contributed by atoms with Crippen LogP contribution in [0.1, 0.15) is 63.7 Å². The van der Waals surface area contributed by atoms with Gasteiger partial charge in [-0.2, -0.15) is 0 Å². The highest BCUT2D eigenvalue weighted by Gasteiger charge is 2.52. The second-order valence-corrected chi connectivity index (χ2v) is 8.17. The molecule has 27 heavy (non-hydrogen) atoms. The molecule has 144 valence electrons. The highest BCUT2D eigenvalue weighted by Crippen LogP contribution is 2.41. The van der Waals surface area contributed by atoms with Crippen molar-refractivity contribution in [3.8, 4) is 0 Å². The van der Waals surface area contributed by atoms with E-state index < -0.39 is 35.7 Å².